The molecule has 2 atom stereocenters. The van der Waals surface area contributed by atoms with Gasteiger partial charge in [0.05, 0.1) is 22.8 Å². The number of rotatable bonds is 3. The number of aromatic nitrogens is 1. The molecule has 3 fully saturated rings. The van der Waals surface area contributed by atoms with Crippen LogP contribution in [0.3, 0.4) is 0 Å². The van der Waals surface area contributed by atoms with E-state index in [4.69, 9.17) is 16.3 Å². The lowest BCUT2D eigenvalue weighted by molar-refractivity contribution is -0.180. The van der Waals surface area contributed by atoms with Crippen molar-refractivity contribution in [1.82, 2.24) is 14.8 Å². The monoisotopic (exact) mass is 437 g/mol. The molecule has 30 heavy (non-hydrogen) atoms. The lowest BCUT2D eigenvalue weighted by atomic mass is 9.74. The van der Waals surface area contributed by atoms with Gasteiger partial charge in [-0.05, 0) is 38.7 Å². The standard InChI is InChI=1S/C22H32ClN3O4/c1-21(24-19(28)15-5-3-4-6-15)14-22(30-13-18(21)27)7-9-26(10-8-22)20(29)17-11-16(23)12-25(17)2/h11-12,15,18,27H,3-10,13-14H2,1-2H3,(H,24,28)/t18-,21-/m0/s1. The van der Waals surface area contributed by atoms with Crippen molar-refractivity contribution in [1.29, 1.82) is 0 Å². The maximum atomic E-state index is 12.9. The summed E-state index contributed by atoms with van der Waals surface area (Å²) in [6, 6.07) is 1.69. The predicted molar refractivity (Wildman–Crippen MR) is 113 cm³/mol. The summed E-state index contributed by atoms with van der Waals surface area (Å²) in [5.74, 6) is 0.0797. The van der Waals surface area contributed by atoms with Gasteiger partial charge >= 0.3 is 0 Å². The molecule has 0 aromatic carbocycles. The SMILES string of the molecule is Cn1cc(Cl)cc1C(=O)N1CCC2(CC1)C[C@](C)(NC(=O)C1CCCC1)[C@@H](O)CO2. The van der Waals surface area contributed by atoms with Gasteiger partial charge in [-0.2, -0.15) is 0 Å². The van der Waals surface area contributed by atoms with Crippen molar-refractivity contribution < 1.29 is 19.4 Å². The molecule has 1 aromatic rings. The lowest BCUT2D eigenvalue weighted by Gasteiger charge is -2.52. The van der Waals surface area contributed by atoms with Gasteiger partial charge in [0, 0.05) is 38.7 Å². The first-order chi connectivity index (χ1) is 14.2. The first-order valence-corrected chi connectivity index (χ1v) is 11.3. The summed E-state index contributed by atoms with van der Waals surface area (Å²) in [7, 11) is 1.81. The Morgan fingerprint density at radius 2 is 1.93 bits per heavy atom. The molecular weight excluding hydrogens is 406 g/mol. The highest BCUT2D eigenvalue weighted by molar-refractivity contribution is 6.31. The van der Waals surface area contributed by atoms with Crippen LogP contribution in [0.1, 0.15) is 62.4 Å². The molecular formula is C22H32ClN3O4. The van der Waals surface area contributed by atoms with E-state index in [1.165, 1.54) is 0 Å². The van der Waals surface area contributed by atoms with Crippen molar-refractivity contribution in [2.24, 2.45) is 13.0 Å². The van der Waals surface area contributed by atoms with E-state index in [0.717, 1.165) is 25.7 Å². The number of carbonyl (C=O) groups is 2. The van der Waals surface area contributed by atoms with E-state index < -0.39 is 17.2 Å². The highest BCUT2D eigenvalue weighted by atomic mass is 35.5. The molecule has 8 heteroatoms. The van der Waals surface area contributed by atoms with Gasteiger partial charge in [0.15, 0.2) is 0 Å². The van der Waals surface area contributed by atoms with E-state index in [9.17, 15) is 14.7 Å². The number of ether oxygens (including phenoxy) is 1. The van der Waals surface area contributed by atoms with Crippen LogP contribution in [-0.4, -0.2) is 63.3 Å². The molecule has 2 saturated heterocycles. The van der Waals surface area contributed by atoms with E-state index in [1.54, 1.807) is 16.8 Å². The van der Waals surface area contributed by atoms with Gasteiger partial charge in [0.25, 0.3) is 5.91 Å². The normalized spacial score (nSPS) is 29.3. The predicted octanol–water partition coefficient (Wildman–Crippen LogP) is 2.50. The number of aliphatic hydroxyl groups excluding tert-OH is 1. The second-order valence-corrected chi connectivity index (χ2v) is 9.96. The van der Waals surface area contributed by atoms with E-state index >= 15 is 0 Å². The van der Waals surface area contributed by atoms with Crippen molar-refractivity contribution >= 4 is 23.4 Å². The number of nitrogens with one attached hydrogen (secondary N) is 1. The van der Waals surface area contributed by atoms with Crippen LogP contribution in [0.25, 0.3) is 0 Å². The first-order valence-electron chi connectivity index (χ1n) is 11.0. The van der Waals surface area contributed by atoms with Gasteiger partial charge < -0.3 is 24.6 Å². The summed E-state index contributed by atoms with van der Waals surface area (Å²) >= 11 is 6.03. The second kappa shape index (κ2) is 8.17. The van der Waals surface area contributed by atoms with Crippen molar-refractivity contribution in [3.8, 4) is 0 Å². The molecule has 2 amide bonds. The van der Waals surface area contributed by atoms with Crippen molar-refractivity contribution in [2.45, 2.75) is 69.1 Å². The molecule has 3 heterocycles. The topological polar surface area (TPSA) is 83.8 Å². The fourth-order valence-corrected chi connectivity index (χ4v) is 5.56. The zero-order valence-corrected chi connectivity index (χ0v) is 18.6. The van der Waals surface area contributed by atoms with Crippen molar-refractivity contribution in [2.75, 3.05) is 19.7 Å². The van der Waals surface area contributed by atoms with Gasteiger partial charge in [0.1, 0.15) is 11.8 Å². The smallest absolute Gasteiger partial charge is 0.270 e. The minimum absolute atomic E-state index is 0.0348. The van der Waals surface area contributed by atoms with Crippen LogP contribution >= 0.6 is 11.6 Å². The number of piperidine rings is 1. The van der Waals surface area contributed by atoms with Gasteiger partial charge in [-0.15, -0.1) is 0 Å². The van der Waals surface area contributed by atoms with E-state index in [2.05, 4.69) is 5.32 Å². The van der Waals surface area contributed by atoms with Crippen LogP contribution in [0.5, 0.6) is 0 Å². The molecule has 0 bridgehead atoms. The largest absolute Gasteiger partial charge is 0.388 e. The van der Waals surface area contributed by atoms with Gasteiger partial charge in [0.2, 0.25) is 5.91 Å². The second-order valence-electron chi connectivity index (χ2n) is 9.52. The van der Waals surface area contributed by atoms with E-state index in [-0.39, 0.29) is 24.3 Å². The van der Waals surface area contributed by atoms with Crippen molar-refractivity contribution in [3.63, 3.8) is 0 Å². The first kappa shape index (κ1) is 21.7. The van der Waals surface area contributed by atoms with Gasteiger partial charge in [-0.25, -0.2) is 0 Å². The number of amides is 2. The highest BCUT2D eigenvalue weighted by Gasteiger charge is 2.51. The molecule has 7 nitrogen and oxygen atoms in total. The summed E-state index contributed by atoms with van der Waals surface area (Å²) in [6.07, 6.45) is 6.96. The summed E-state index contributed by atoms with van der Waals surface area (Å²) in [4.78, 5) is 27.5. The Bertz CT molecular complexity index is 811. The molecule has 2 N–H and O–H groups in total. The average Bonchev–Trinajstić information content (AvgIpc) is 3.35. The van der Waals surface area contributed by atoms with Crippen LogP contribution in [0.4, 0.5) is 0 Å². The Morgan fingerprint density at radius 3 is 2.53 bits per heavy atom. The molecule has 4 rings (SSSR count). The molecule has 1 spiro atoms. The number of aliphatic hydroxyl groups is 1. The van der Waals surface area contributed by atoms with Crippen LogP contribution in [0, 0.1) is 5.92 Å². The number of halogens is 1. The number of aryl methyl sites for hydroxylation is 1. The fraction of sp³-hybridized carbons (Fsp3) is 0.727. The van der Waals surface area contributed by atoms with Gasteiger partial charge in [-0.3, -0.25) is 9.59 Å². The number of carbonyl (C=O) groups excluding carboxylic acids is 2. The Kier molecular flexibility index (Phi) is 5.90. The molecule has 1 aliphatic carbocycles. The quantitative estimate of drug-likeness (QED) is 0.761. The number of hydrogen-bond donors (Lipinski definition) is 2. The maximum Gasteiger partial charge on any atom is 0.270 e. The van der Waals surface area contributed by atoms with Crippen LogP contribution < -0.4 is 5.32 Å². The average molecular weight is 438 g/mol. The van der Waals surface area contributed by atoms with Crippen LogP contribution in [0.2, 0.25) is 5.02 Å². The maximum absolute atomic E-state index is 12.9. The molecule has 0 radical (unpaired) electrons. The fourth-order valence-electron chi connectivity index (χ4n) is 5.31. The molecule has 1 saturated carbocycles. The van der Waals surface area contributed by atoms with Gasteiger partial charge in [-0.1, -0.05) is 24.4 Å². The Hall–Kier alpha value is -1.57. The Labute approximate surface area is 182 Å². The van der Waals surface area contributed by atoms with Crippen molar-refractivity contribution in [3.05, 3.63) is 23.0 Å². The van der Waals surface area contributed by atoms with E-state index in [1.807, 2.05) is 18.9 Å². The third kappa shape index (κ3) is 4.12. The number of likely N-dealkylation sites (tertiary alicyclic amines) is 1. The minimum atomic E-state index is -0.737. The molecule has 3 aliphatic rings. The lowest BCUT2D eigenvalue weighted by Crippen LogP contribution is -2.66. The number of nitrogens with zero attached hydrogens (tertiary/aromatic N) is 2. The summed E-state index contributed by atoms with van der Waals surface area (Å²) < 4.78 is 7.87. The molecule has 1 aromatic heterocycles. The Balaban J connectivity index is 1.41. The summed E-state index contributed by atoms with van der Waals surface area (Å²) in [5.41, 5.74) is -0.570. The zero-order valence-electron chi connectivity index (χ0n) is 17.8. The highest BCUT2D eigenvalue weighted by Crippen LogP contribution is 2.40. The van der Waals surface area contributed by atoms with Crippen LogP contribution in [0.15, 0.2) is 12.3 Å². The molecule has 166 valence electrons. The number of hydrogen-bond acceptors (Lipinski definition) is 4. The Morgan fingerprint density at radius 1 is 1.27 bits per heavy atom. The minimum Gasteiger partial charge on any atom is -0.388 e. The summed E-state index contributed by atoms with van der Waals surface area (Å²) in [6.45, 7) is 3.27. The third-order valence-electron chi connectivity index (χ3n) is 7.26. The zero-order chi connectivity index (χ0) is 21.5. The summed E-state index contributed by atoms with van der Waals surface area (Å²) in [5, 5.41) is 14.3. The molecule has 2 aliphatic heterocycles. The molecule has 0 unspecified atom stereocenters. The third-order valence-corrected chi connectivity index (χ3v) is 7.47. The van der Waals surface area contributed by atoms with E-state index in [0.29, 0.717) is 43.1 Å². The van der Waals surface area contributed by atoms with Crippen LogP contribution in [-0.2, 0) is 16.6 Å².